The highest BCUT2D eigenvalue weighted by molar-refractivity contribution is 5.98. The molecule has 6 nitrogen and oxygen atoms in total. The highest BCUT2D eigenvalue weighted by Gasteiger charge is 2.23. The number of Topliss-reactive ketones (excluding diaryl/α,β-unsaturated/α-hetero) is 1. The molecule has 0 saturated carbocycles. The van der Waals surface area contributed by atoms with E-state index in [9.17, 15) is 14.7 Å². The largest absolute Gasteiger partial charge is 0.481 e. The van der Waals surface area contributed by atoms with Gasteiger partial charge in [0.2, 0.25) is 0 Å². The number of nitrogens with zero attached hydrogens (tertiary/aromatic N) is 2. The van der Waals surface area contributed by atoms with Gasteiger partial charge in [0.05, 0.1) is 5.92 Å². The second-order valence-corrected chi connectivity index (χ2v) is 12.3. The van der Waals surface area contributed by atoms with Crippen molar-refractivity contribution in [2.24, 2.45) is 5.92 Å². The lowest BCUT2D eigenvalue weighted by atomic mass is 9.86. The molecule has 0 bridgehead atoms. The first-order valence-corrected chi connectivity index (χ1v) is 15.2. The minimum Gasteiger partial charge on any atom is -0.481 e. The van der Waals surface area contributed by atoms with E-state index in [2.05, 4.69) is 68.1 Å². The van der Waals surface area contributed by atoms with Crippen molar-refractivity contribution in [3.05, 3.63) is 101 Å². The Balaban J connectivity index is 0.00000135. The van der Waals surface area contributed by atoms with Crippen LogP contribution in [0.4, 0.5) is 5.69 Å². The summed E-state index contributed by atoms with van der Waals surface area (Å²) in [4.78, 5) is 34.0. The molecule has 5 rings (SSSR count). The van der Waals surface area contributed by atoms with Crippen molar-refractivity contribution in [3.8, 4) is 22.5 Å². The molecule has 0 fully saturated rings. The van der Waals surface area contributed by atoms with Gasteiger partial charge in [-0.1, -0.05) is 95.6 Å². The van der Waals surface area contributed by atoms with Crippen LogP contribution in [0.5, 0.6) is 0 Å². The van der Waals surface area contributed by atoms with Gasteiger partial charge in [-0.3, -0.25) is 9.59 Å². The van der Waals surface area contributed by atoms with E-state index in [4.69, 9.17) is 0 Å². The Hall–Kier alpha value is -4.32. The molecule has 0 radical (unpaired) electrons. The summed E-state index contributed by atoms with van der Waals surface area (Å²) in [6.07, 6.45) is 7.37. The third-order valence-corrected chi connectivity index (χ3v) is 7.58. The number of rotatable bonds is 8. The first kappa shape index (κ1) is 31.6. The molecule has 2 heterocycles. The number of hydrogen-bond acceptors (Lipinski definition) is 5. The summed E-state index contributed by atoms with van der Waals surface area (Å²) in [5, 5.41) is 13.3. The van der Waals surface area contributed by atoms with Crippen molar-refractivity contribution in [1.29, 1.82) is 0 Å². The number of nitrogens with one attached hydrogen (secondary N) is 1. The second kappa shape index (κ2) is 14.2. The number of carboxylic acid groups (broad SMARTS) is 1. The van der Waals surface area contributed by atoms with E-state index in [1.165, 1.54) is 17.7 Å². The number of aryl methyl sites for hydroxylation is 1. The number of fused-ring (bicyclic) bond motifs is 1. The molecule has 0 saturated heterocycles. The van der Waals surface area contributed by atoms with Crippen molar-refractivity contribution in [2.45, 2.75) is 72.1 Å². The molecule has 3 aromatic carbocycles. The zero-order chi connectivity index (χ0) is 31.0. The summed E-state index contributed by atoms with van der Waals surface area (Å²) >= 11 is 0. The molecule has 4 aromatic rings. The van der Waals surface area contributed by atoms with E-state index >= 15 is 0 Å². The predicted octanol–water partition coefficient (Wildman–Crippen LogP) is 8.40. The van der Waals surface area contributed by atoms with Crippen molar-refractivity contribution < 1.29 is 14.7 Å². The molecule has 0 unspecified atom stereocenters. The molecule has 1 aliphatic heterocycles. The molecular weight excluding hydrogens is 534 g/mol. The van der Waals surface area contributed by atoms with Crippen LogP contribution in [-0.4, -0.2) is 33.4 Å². The number of ketones is 1. The summed E-state index contributed by atoms with van der Waals surface area (Å²) in [5.74, 6) is -1.32. The van der Waals surface area contributed by atoms with Crippen molar-refractivity contribution in [2.75, 3.05) is 11.9 Å². The van der Waals surface area contributed by atoms with Crippen LogP contribution in [0.15, 0.2) is 79.1 Å². The smallest absolute Gasteiger partial charge is 0.307 e. The average molecular weight is 578 g/mol. The maximum absolute atomic E-state index is 12.9. The average Bonchev–Trinajstić information content (AvgIpc) is 3.01. The fourth-order valence-corrected chi connectivity index (χ4v) is 5.10. The van der Waals surface area contributed by atoms with E-state index in [1.807, 2.05) is 48.8 Å². The number of anilines is 1. The Labute approximate surface area is 255 Å². The van der Waals surface area contributed by atoms with E-state index in [-0.39, 0.29) is 24.0 Å². The van der Waals surface area contributed by atoms with Gasteiger partial charge in [0.15, 0.2) is 11.6 Å². The third-order valence-electron chi connectivity index (χ3n) is 7.58. The van der Waals surface area contributed by atoms with Crippen LogP contribution in [0, 0.1) is 5.92 Å². The lowest BCUT2D eigenvalue weighted by Gasteiger charge is -2.19. The first-order valence-electron chi connectivity index (χ1n) is 15.2. The van der Waals surface area contributed by atoms with Crippen LogP contribution >= 0.6 is 0 Å². The van der Waals surface area contributed by atoms with Gasteiger partial charge in [-0.15, -0.1) is 0 Å². The Morgan fingerprint density at radius 3 is 2.12 bits per heavy atom. The van der Waals surface area contributed by atoms with Gasteiger partial charge in [-0.2, -0.15) is 0 Å². The number of benzene rings is 3. The van der Waals surface area contributed by atoms with Gasteiger partial charge in [0.1, 0.15) is 0 Å². The van der Waals surface area contributed by atoms with Crippen LogP contribution in [0.25, 0.3) is 22.5 Å². The first-order chi connectivity index (χ1) is 20.6. The number of aromatic nitrogens is 2. The highest BCUT2D eigenvalue weighted by Crippen LogP contribution is 2.29. The lowest BCUT2D eigenvalue weighted by molar-refractivity contribution is -0.141. The topological polar surface area (TPSA) is 92.2 Å². The van der Waals surface area contributed by atoms with E-state index < -0.39 is 11.9 Å². The molecule has 43 heavy (non-hydrogen) atoms. The van der Waals surface area contributed by atoms with E-state index in [0.717, 1.165) is 47.2 Å². The standard InChI is InChI=1S/C34H35N3O3.C3H8/c1-34(2,3)29-13-10-23(11-14-29)31(38)19-27(33(39)40)17-22-6-8-24(9-7-22)32-36-20-28(21-37-32)25-12-15-30-26(18-25)5-4-16-35-30;1-3-2/h6-15,18,20-21,27,35H,4-5,16-17,19H2,1-3H3,(H,39,40);3H2,1-2H3/t27-;/m1./s1. The Morgan fingerprint density at radius 2 is 1.51 bits per heavy atom. The quantitative estimate of drug-likeness (QED) is 0.204. The van der Waals surface area contributed by atoms with Crippen LogP contribution in [-0.2, 0) is 23.1 Å². The molecule has 1 aliphatic rings. The van der Waals surface area contributed by atoms with Crippen molar-refractivity contribution in [1.82, 2.24) is 9.97 Å². The van der Waals surface area contributed by atoms with Gasteiger partial charge in [0, 0.05) is 47.7 Å². The molecule has 0 spiro atoms. The predicted molar refractivity (Wildman–Crippen MR) is 175 cm³/mol. The SMILES string of the molecule is CC(C)(C)c1ccc(C(=O)C[C@@H](Cc2ccc(-c3ncc(-c4ccc5c(c4)CCCN5)cn3)cc2)C(=O)O)cc1.CCC. The Bertz CT molecular complexity index is 1520. The van der Waals surface area contributed by atoms with Gasteiger partial charge < -0.3 is 10.4 Å². The van der Waals surface area contributed by atoms with Gasteiger partial charge >= 0.3 is 5.97 Å². The minimum atomic E-state index is -0.972. The minimum absolute atomic E-state index is 0.0102. The summed E-state index contributed by atoms with van der Waals surface area (Å²) in [5.41, 5.74) is 7.97. The number of aliphatic carboxylic acids is 1. The Morgan fingerprint density at radius 1 is 0.884 bits per heavy atom. The molecular formula is C37H43N3O3. The molecule has 2 N–H and O–H groups in total. The maximum atomic E-state index is 12.9. The summed E-state index contributed by atoms with van der Waals surface area (Å²) in [7, 11) is 0. The zero-order valence-electron chi connectivity index (χ0n) is 26.0. The molecule has 224 valence electrons. The number of hydrogen-bond donors (Lipinski definition) is 2. The molecule has 0 amide bonds. The van der Waals surface area contributed by atoms with Crippen molar-refractivity contribution >= 4 is 17.4 Å². The van der Waals surface area contributed by atoms with Crippen LogP contribution in [0.2, 0.25) is 0 Å². The van der Waals surface area contributed by atoms with E-state index in [0.29, 0.717) is 11.4 Å². The number of carbonyl (C=O) groups is 2. The van der Waals surface area contributed by atoms with Crippen LogP contribution in [0.1, 0.15) is 80.9 Å². The van der Waals surface area contributed by atoms with Gasteiger partial charge in [-0.25, -0.2) is 9.97 Å². The zero-order valence-corrected chi connectivity index (χ0v) is 26.0. The van der Waals surface area contributed by atoms with Crippen LogP contribution < -0.4 is 5.32 Å². The van der Waals surface area contributed by atoms with Crippen LogP contribution in [0.3, 0.4) is 0 Å². The lowest BCUT2D eigenvalue weighted by Crippen LogP contribution is -2.20. The van der Waals surface area contributed by atoms with Gasteiger partial charge in [-0.05, 0) is 59.1 Å². The molecule has 1 atom stereocenters. The fraction of sp³-hybridized carbons (Fsp3) is 0.351. The van der Waals surface area contributed by atoms with Crippen molar-refractivity contribution in [3.63, 3.8) is 0 Å². The maximum Gasteiger partial charge on any atom is 0.307 e. The fourth-order valence-electron chi connectivity index (χ4n) is 5.10. The second-order valence-electron chi connectivity index (χ2n) is 12.3. The molecule has 6 heteroatoms. The molecule has 1 aromatic heterocycles. The number of carbonyl (C=O) groups excluding carboxylic acids is 1. The van der Waals surface area contributed by atoms with Gasteiger partial charge in [0.25, 0.3) is 0 Å². The van der Waals surface area contributed by atoms with E-state index in [1.54, 1.807) is 12.1 Å². The summed E-state index contributed by atoms with van der Waals surface area (Å²) < 4.78 is 0. The third kappa shape index (κ3) is 8.38. The monoisotopic (exact) mass is 577 g/mol. The number of carboxylic acids is 1. The normalized spacial score (nSPS) is 13.1. The molecule has 0 aliphatic carbocycles. The summed E-state index contributed by atoms with van der Waals surface area (Å²) in [6.45, 7) is 11.6. The highest BCUT2D eigenvalue weighted by atomic mass is 16.4. The Kier molecular flexibility index (Phi) is 10.5. The summed E-state index contributed by atoms with van der Waals surface area (Å²) in [6, 6.07) is 21.5.